The molecule has 0 amide bonds. The maximum atomic E-state index is 10.6. The molecule has 0 aliphatic rings. The van der Waals surface area contributed by atoms with E-state index in [-0.39, 0.29) is 5.92 Å². The minimum absolute atomic E-state index is 0.151. The molecule has 2 aromatic carbocycles. The van der Waals surface area contributed by atoms with Gasteiger partial charge >= 0.3 is 0 Å². The molecule has 2 rings (SSSR count). The number of hydrogen-bond donors (Lipinski definition) is 2. The highest BCUT2D eigenvalue weighted by Crippen LogP contribution is 2.34. The van der Waals surface area contributed by atoms with Gasteiger partial charge in [-0.25, -0.2) is 0 Å². The summed E-state index contributed by atoms with van der Waals surface area (Å²) in [4.78, 5) is 0. The van der Waals surface area contributed by atoms with Gasteiger partial charge in [0, 0.05) is 22.0 Å². The van der Waals surface area contributed by atoms with E-state index in [0.29, 0.717) is 11.6 Å². The topological polar surface area (TPSA) is 46.2 Å². The van der Waals surface area contributed by atoms with Crippen molar-refractivity contribution in [3.05, 3.63) is 68.7 Å². The molecule has 0 fully saturated rings. The Balaban J connectivity index is 2.39. The van der Waals surface area contributed by atoms with Crippen LogP contribution in [0, 0.1) is 6.92 Å². The van der Waals surface area contributed by atoms with Gasteiger partial charge in [-0.05, 0) is 41.8 Å². The van der Waals surface area contributed by atoms with Crippen LogP contribution >= 0.6 is 27.5 Å². The highest BCUT2D eigenvalue weighted by atomic mass is 79.9. The van der Waals surface area contributed by atoms with Crippen molar-refractivity contribution in [1.82, 2.24) is 0 Å². The fourth-order valence-corrected chi connectivity index (χ4v) is 3.29. The second kappa shape index (κ2) is 6.72. The molecule has 106 valence electrons. The molecule has 2 aromatic rings. The number of aliphatic hydroxyl groups excluding tert-OH is 1. The number of benzene rings is 2. The van der Waals surface area contributed by atoms with E-state index in [0.717, 1.165) is 21.2 Å². The molecule has 0 spiro atoms. The first kappa shape index (κ1) is 15.5. The molecule has 0 saturated heterocycles. The van der Waals surface area contributed by atoms with Crippen molar-refractivity contribution in [1.29, 1.82) is 0 Å². The zero-order chi connectivity index (χ0) is 14.7. The van der Waals surface area contributed by atoms with E-state index in [4.69, 9.17) is 17.3 Å². The molecule has 4 heteroatoms. The lowest BCUT2D eigenvalue weighted by Gasteiger charge is -2.24. The summed E-state index contributed by atoms with van der Waals surface area (Å²) < 4.78 is 0.847. The van der Waals surface area contributed by atoms with Gasteiger partial charge in [-0.15, -0.1) is 0 Å². The van der Waals surface area contributed by atoms with Crippen molar-refractivity contribution in [3.63, 3.8) is 0 Å². The first-order valence-electron chi connectivity index (χ1n) is 6.42. The van der Waals surface area contributed by atoms with Gasteiger partial charge in [0.25, 0.3) is 0 Å². The fourth-order valence-electron chi connectivity index (χ4n) is 2.41. The fraction of sp³-hybridized carbons (Fsp3) is 0.250. The van der Waals surface area contributed by atoms with Crippen LogP contribution in [0.4, 0.5) is 0 Å². The summed E-state index contributed by atoms with van der Waals surface area (Å²) in [5, 5.41) is 11.2. The highest BCUT2D eigenvalue weighted by molar-refractivity contribution is 9.10. The van der Waals surface area contributed by atoms with Crippen molar-refractivity contribution in [3.8, 4) is 0 Å². The Labute approximate surface area is 132 Å². The van der Waals surface area contributed by atoms with Crippen molar-refractivity contribution < 1.29 is 5.11 Å². The van der Waals surface area contributed by atoms with Crippen LogP contribution in [0.3, 0.4) is 0 Å². The summed E-state index contributed by atoms with van der Waals surface area (Å²) in [7, 11) is 0. The maximum absolute atomic E-state index is 10.6. The molecule has 2 atom stereocenters. The number of rotatable bonds is 4. The largest absolute Gasteiger partial charge is 0.388 e. The van der Waals surface area contributed by atoms with E-state index in [1.807, 2.05) is 37.3 Å². The summed E-state index contributed by atoms with van der Waals surface area (Å²) in [6, 6.07) is 13.4. The van der Waals surface area contributed by atoms with E-state index in [9.17, 15) is 5.11 Å². The SMILES string of the molecule is Cc1ccccc1C(CN)C(O)c1cc(Cl)cc(Br)c1. The van der Waals surface area contributed by atoms with Crippen LogP contribution < -0.4 is 5.73 Å². The predicted molar refractivity (Wildman–Crippen MR) is 87.1 cm³/mol. The molecule has 2 nitrogen and oxygen atoms in total. The summed E-state index contributed by atoms with van der Waals surface area (Å²) in [6.45, 7) is 2.40. The predicted octanol–water partition coefficient (Wildman–Crippen LogP) is 4.19. The van der Waals surface area contributed by atoms with Crippen LogP contribution in [0.2, 0.25) is 5.02 Å². The van der Waals surface area contributed by atoms with Gasteiger partial charge in [0.05, 0.1) is 6.10 Å². The van der Waals surface area contributed by atoms with E-state index in [2.05, 4.69) is 15.9 Å². The quantitative estimate of drug-likeness (QED) is 0.865. The van der Waals surface area contributed by atoms with Crippen molar-refractivity contribution in [2.75, 3.05) is 6.54 Å². The minimum atomic E-state index is -0.684. The zero-order valence-corrected chi connectivity index (χ0v) is 13.5. The molecule has 0 aliphatic heterocycles. The van der Waals surface area contributed by atoms with E-state index < -0.39 is 6.10 Å². The molecule has 0 aromatic heterocycles. The van der Waals surface area contributed by atoms with E-state index in [1.54, 1.807) is 12.1 Å². The number of aryl methyl sites for hydroxylation is 1. The Hall–Kier alpha value is -0.870. The standard InChI is InChI=1S/C16H17BrClNO/c1-10-4-2-3-5-14(10)15(9-19)16(20)11-6-12(17)8-13(18)7-11/h2-8,15-16,20H,9,19H2,1H3. The first-order chi connectivity index (χ1) is 9.52. The second-order valence-corrected chi connectivity index (χ2v) is 6.20. The van der Waals surface area contributed by atoms with Crippen molar-refractivity contribution in [2.24, 2.45) is 5.73 Å². The summed E-state index contributed by atoms with van der Waals surface area (Å²) in [5.41, 5.74) is 8.85. The molecular formula is C16H17BrClNO. The monoisotopic (exact) mass is 353 g/mol. The summed E-state index contributed by atoms with van der Waals surface area (Å²) in [5.74, 6) is -0.151. The van der Waals surface area contributed by atoms with Crippen LogP contribution in [0.5, 0.6) is 0 Å². The van der Waals surface area contributed by atoms with Gasteiger partial charge in [-0.2, -0.15) is 0 Å². The Morgan fingerprint density at radius 1 is 1.25 bits per heavy atom. The maximum Gasteiger partial charge on any atom is 0.0871 e. The molecule has 0 bridgehead atoms. The van der Waals surface area contributed by atoms with Gasteiger partial charge in [-0.1, -0.05) is 51.8 Å². The Morgan fingerprint density at radius 3 is 2.55 bits per heavy atom. The first-order valence-corrected chi connectivity index (χ1v) is 7.59. The average molecular weight is 355 g/mol. The zero-order valence-electron chi connectivity index (χ0n) is 11.2. The molecule has 0 radical (unpaired) electrons. The highest BCUT2D eigenvalue weighted by Gasteiger charge is 2.23. The van der Waals surface area contributed by atoms with Gasteiger partial charge in [0.2, 0.25) is 0 Å². The molecule has 3 N–H and O–H groups in total. The molecule has 20 heavy (non-hydrogen) atoms. The number of hydrogen-bond acceptors (Lipinski definition) is 2. The molecule has 0 aliphatic carbocycles. The van der Waals surface area contributed by atoms with E-state index in [1.165, 1.54) is 0 Å². The minimum Gasteiger partial charge on any atom is -0.388 e. The van der Waals surface area contributed by atoms with Gasteiger partial charge in [0.15, 0.2) is 0 Å². The molecule has 0 saturated carbocycles. The third-order valence-corrected chi connectivity index (χ3v) is 4.13. The lowest BCUT2D eigenvalue weighted by molar-refractivity contribution is 0.147. The van der Waals surface area contributed by atoms with Crippen LogP contribution in [-0.2, 0) is 0 Å². The van der Waals surface area contributed by atoms with Crippen LogP contribution in [0.25, 0.3) is 0 Å². The Morgan fingerprint density at radius 2 is 1.95 bits per heavy atom. The van der Waals surface area contributed by atoms with Gasteiger partial charge in [-0.3, -0.25) is 0 Å². The second-order valence-electron chi connectivity index (χ2n) is 4.85. The van der Waals surface area contributed by atoms with Crippen molar-refractivity contribution >= 4 is 27.5 Å². The van der Waals surface area contributed by atoms with E-state index >= 15 is 0 Å². The number of halogens is 2. The normalized spacial score (nSPS) is 14.1. The summed E-state index contributed by atoms with van der Waals surface area (Å²) >= 11 is 9.44. The lowest BCUT2D eigenvalue weighted by atomic mass is 9.87. The lowest BCUT2D eigenvalue weighted by Crippen LogP contribution is -2.21. The smallest absolute Gasteiger partial charge is 0.0871 e. The van der Waals surface area contributed by atoms with Gasteiger partial charge < -0.3 is 10.8 Å². The number of aliphatic hydroxyl groups is 1. The molecule has 0 heterocycles. The molecular weight excluding hydrogens is 338 g/mol. The average Bonchev–Trinajstić information content (AvgIpc) is 2.40. The third kappa shape index (κ3) is 3.41. The third-order valence-electron chi connectivity index (χ3n) is 3.45. The van der Waals surface area contributed by atoms with Crippen LogP contribution in [-0.4, -0.2) is 11.7 Å². The number of nitrogens with two attached hydrogens (primary N) is 1. The molecule has 2 unspecified atom stereocenters. The Kier molecular flexibility index (Phi) is 5.22. The summed E-state index contributed by atoms with van der Waals surface area (Å²) in [6.07, 6.45) is -0.684. The Bertz CT molecular complexity index is 583. The van der Waals surface area contributed by atoms with Crippen LogP contribution in [0.15, 0.2) is 46.9 Å². The van der Waals surface area contributed by atoms with Crippen LogP contribution in [0.1, 0.15) is 28.7 Å². The van der Waals surface area contributed by atoms with Crippen molar-refractivity contribution in [2.45, 2.75) is 18.9 Å². The van der Waals surface area contributed by atoms with Gasteiger partial charge in [0.1, 0.15) is 0 Å².